The zero-order valence-electron chi connectivity index (χ0n) is 9.31. The summed E-state index contributed by atoms with van der Waals surface area (Å²) >= 11 is 0. The van der Waals surface area contributed by atoms with Gasteiger partial charge >= 0.3 is 5.97 Å². The molecule has 16 heavy (non-hydrogen) atoms. The minimum absolute atomic E-state index is 0.0968. The van der Waals surface area contributed by atoms with Crippen LogP contribution in [0.3, 0.4) is 0 Å². The number of benzene rings is 1. The zero-order chi connectivity index (χ0) is 12.0. The second kappa shape index (κ2) is 6.43. The van der Waals surface area contributed by atoms with E-state index >= 15 is 0 Å². The van der Waals surface area contributed by atoms with E-state index in [0.717, 1.165) is 11.1 Å². The molecule has 0 aromatic heterocycles. The highest BCUT2D eigenvalue weighted by Gasteiger charge is 2.04. The number of rotatable bonds is 6. The molecule has 1 N–H and O–H groups in total. The molecular formula is C12H16O3S. The average Bonchev–Trinajstić information content (AvgIpc) is 2.16. The fourth-order valence-corrected chi connectivity index (χ4v) is 2.61. The molecule has 0 saturated heterocycles. The maximum Gasteiger partial charge on any atom is 0.303 e. The molecule has 88 valence electrons. The van der Waals surface area contributed by atoms with Gasteiger partial charge in [0.05, 0.1) is 0 Å². The Morgan fingerprint density at radius 1 is 1.44 bits per heavy atom. The Morgan fingerprint density at radius 2 is 2.19 bits per heavy atom. The van der Waals surface area contributed by atoms with Gasteiger partial charge in [0.15, 0.2) is 0 Å². The Morgan fingerprint density at radius 3 is 2.81 bits per heavy atom. The molecule has 0 bridgehead atoms. The largest absolute Gasteiger partial charge is 0.481 e. The first-order chi connectivity index (χ1) is 7.58. The fourth-order valence-electron chi connectivity index (χ4n) is 1.44. The molecule has 3 nitrogen and oxygen atoms in total. The Hall–Kier alpha value is -1.16. The Kier molecular flexibility index (Phi) is 5.19. The Labute approximate surface area is 98.0 Å². The van der Waals surface area contributed by atoms with Crippen LogP contribution in [-0.4, -0.2) is 21.0 Å². The lowest BCUT2D eigenvalue weighted by Gasteiger charge is -2.02. The van der Waals surface area contributed by atoms with Crippen LogP contribution in [0.4, 0.5) is 0 Å². The predicted octanol–water partition coefficient (Wildman–Crippen LogP) is 2.11. The van der Waals surface area contributed by atoms with Crippen molar-refractivity contribution in [3.63, 3.8) is 0 Å². The van der Waals surface area contributed by atoms with E-state index in [1.165, 1.54) is 0 Å². The van der Waals surface area contributed by atoms with Gasteiger partial charge in [-0.15, -0.1) is 0 Å². The molecule has 1 aromatic rings. The van der Waals surface area contributed by atoms with Gasteiger partial charge in [-0.2, -0.15) is 0 Å². The summed E-state index contributed by atoms with van der Waals surface area (Å²) in [7, 11) is -0.959. The van der Waals surface area contributed by atoms with E-state index in [2.05, 4.69) is 0 Å². The molecule has 1 unspecified atom stereocenters. The smallest absolute Gasteiger partial charge is 0.303 e. The summed E-state index contributed by atoms with van der Waals surface area (Å²) in [5, 5.41) is 8.45. The van der Waals surface area contributed by atoms with Crippen LogP contribution < -0.4 is 0 Å². The highest BCUT2D eigenvalue weighted by molar-refractivity contribution is 7.84. The lowest BCUT2D eigenvalue weighted by atomic mass is 10.2. The molecule has 0 aliphatic rings. The van der Waals surface area contributed by atoms with E-state index in [4.69, 9.17) is 5.11 Å². The van der Waals surface area contributed by atoms with Crippen LogP contribution in [-0.2, 0) is 21.3 Å². The second-order valence-corrected chi connectivity index (χ2v) is 5.35. The van der Waals surface area contributed by atoms with Gasteiger partial charge in [0.25, 0.3) is 0 Å². The van der Waals surface area contributed by atoms with E-state index < -0.39 is 16.8 Å². The van der Waals surface area contributed by atoms with Crippen LogP contribution in [0.15, 0.2) is 24.3 Å². The SMILES string of the molecule is Cc1cccc(CS(=O)CCCC(=O)O)c1. The van der Waals surface area contributed by atoms with Crippen LogP contribution in [0.1, 0.15) is 24.0 Å². The predicted molar refractivity (Wildman–Crippen MR) is 64.8 cm³/mol. The summed E-state index contributed by atoms with van der Waals surface area (Å²) in [4.78, 5) is 10.3. The third-order valence-corrected chi connectivity index (χ3v) is 3.57. The van der Waals surface area contributed by atoms with E-state index in [-0.39, 0.29) is 6.42 Å². The molecule has 0 spiro atoms. The lowest BCUT2D eigenvalue weighted by Crippen LogP contribution is -2.04. The Bertz CT molecular complexity index is 388. The van der Waals surface area contributed by atoms with E-state index in [1.54, 1.807) is 0 Å². The van der Waals surface area contributed by atoms with Gasteiger partial charge in [0, 0.05) is 28.7 Å². The molecule has 0 radical (unpaired) electrons. The average molecular weight is 240 g/mol. The normalized spacial score (nSPS) is 12.3. The van der Waals surface area contributed by atoms with Crippen LogP contribution in [0, 0.1) is 6.92 Å². The molecule has 0 amide bonds. The third kappa shape index (κ3) is 5.07. The number of hydrogen-bond acceptors (Lipinski definition) is 2. The fraction of sp³-hybridized carbons (Fsp3) is 0.417. The van der Waals surface area contributed by atoms with Crippen molar-refractivity contribution in [2.75, 3.05) is 5.75 Å². The van der Waals surface area contributed by atoms with E-state index in [1.807, 2.05) is 31.2 Å². The molecule has 1 atom stereocenters. The number of aliphatic carboxylic acids is 1. The number of carbonyl (C=O) groups is 1. The van der Waals surface area contributed by atoms with E-state index in [9.17, 15) is 9.00 Å². The van der Waals surface area contributed by atoms with Gasteiger partial charge in [0.1, 0.15) is 0 Å². The van der Waals surface area contributed by atoms with Crippen LogP contribution in [0.5, 0.6) is 0 Å². The quantitative estimate of drug-likeness (QED) is 0.828. The molecule has 1 rings (SSSR count). The van der Waals surface area contributed by atoms with E-state index in [0.29, 0.717) is 17.9 Å². The molecule has 4 heteroatoms. The van der Waals surface area contributed by atoms with Crippen molar-refractivity contribution in [2.45, 2.75) is 25.5 Å². The molecule has 0 heterocycles. The van der Waals surface area contributed by atoms with Crippen LogP contribution >= 0.6 is 0 Å². The molecule has 0 saturated carbocycles. The summed E-state index contributed by atoms with van der Waals surface area (Å²) < 4.78 is 11.6. The van der Waals surface area contributed by atoms with Crippen molar-refractivity contribution < 1.29 is 14.1 Å². The summed E-state index contributed by atoms with van der Waals surface area (Å²) in [6.07, 6.45) is 0.577. The van der Waals surface area contributed by atoms with Gasteiger partial charge in [-0.1, -0.05) is 29.8 Å². The van der Waals surface area contributed by atoms with Gasteiger partial charge in [0.2, 0.25) is 0 Å². The Balaban J connectivity index is 2.37. The summed E-state index contributed by atoms with van der Waals surface area (Å²) in [6.45, 7) is 2.00. The zero-order valence-corrected chi connectivity index (χ0v) is 10.1. The highest BCUT2D eigenvalue weighted by atomic mass is 32.2. The molecular weight excluding hydrogens is 224 g/mol. The number of hydrogen-bond donors (Lipinski definition) is 1. The van der Waals surface area contributed by atoms with Crippen molar-refractivity contribution in [1.82, 2.24) is 0 Å². The lowest BCUT2D eigenvalue weighted by molar-refractivity contribution is -0.137. The summed E-state index contributed by atoms with van der Waals surface area (Å²) in [5.41, 5.74) is 2.20. The molecule has 0 aliphatic heterocycles. The molecule has 0 fully saturated rings. The monoisotopic (exact) mass is 240 g/mol. The number of carboxylic acid groups (broad SMARTS) is 1. The first-order valence-electron chi connectivity index (χ1n) is 5.20. The van der Waals surface area contributed by atoms with Gasteiger partial charge in [-0.25, -0.2) is 0 Å². The maximum atomic E-state index is 11.6. The van der Waals surface area contributed by atoms with Crippen molar-refractivity contribution in [3.05, 3.63) is 35.4 Å². The minimum Gasteiger partial charge on any atom is -0.481 e. The van der Waals surface area contributed by atoms with Crippen molar-refractivity contribution in [2.24, 2.45) is 0 Å². The van der Waals surface area contributed by atoms with Crippen LogP contribution in [0.25, 0.3) is 0 Å². The standard InChI is InChI=1S/C12H16O3S/c1-10-4-2-5-11(8-10)9-16(15)7-3-6-12(13)14/h2,4-5,8H,3,6-7,9H2,1H3,(H,13,14). The topological polar surface area (TPSA) is 54.4 Å². The van der Waals surface area contributed by atoms with Crippen molar-refractivity contribution in [3.8, 4) is 0 Å². The summed E-state index contributed by atoms with van der Waals surface area (Å²) in [6, 6.07) is 7.90. The summed E-state index contributed by atoms with van der Waals surface area (Å²) in [5.74, 6) is 0.147. The van der Waals surface area contributed by atoms with Gasteiger partial charge < -0.3 is 5.11 Å². The highest BCUT2D eigenvalue weighted by Crippen LogP contribution is 2.07. The van der Waals surface area contributed by atoms with Gasteiger partial charge in [-0.05, 0) is 18.9 Å². The second-order valence-electron chi connectivity index (χ2n) is 3.77. The van der Waals surface area contributed by atoms with Crippen LogP contribution in [0.2, 0.25) is 0 Å². The number of aryl methyl sites for hydroxylation is 1. The first kappa shape index (κ1) is 12.9. The number of carboxylic acids is 1. The minimum atomic E-state index is -0.959. The molecule has 1 aromatic carbocycles. The third-order valence-electron chi connectivity index (χ3n) is 2.17. The molecule has 0 aliphatic carbocycles. The van der Waals surface area contributed by atoms with Crippen molar-refractivity contribution >= 4 is 16.8 Å². The maximum absolute atomic E-state index is 11.6. The van der Waals surface area contributed by atoms with Gasteiger partial charge in [-0.3, -0.25) is 9.00 Å². The van der Waals surface area contributed by atoms with Crippen molar-refractivity contribution in [1.29, 1.82) is 0 Å². The first-order valence-corrected chi connectivity index (χ1v) is 6.69.